The van der Waals surface area contributed by atoms with Gasteiger partial charge in [0.25, 0.3) is 5.56 Å². The van der Waals surface area contributed by atoms with Crippen LogP contribution >= 0.6 is 27.3 Å². The summed E-state index contributed by atoms with van der Waals surface area (Å²) in [5.41, 5.74) is -0.129. The molecule has 4 fully saturated rings. The van der Waals surface area contributed by atoms with Crippen LogP contribution in [0.5, 0.6) is 0 Å². The van der Waals surface area contributed by atoms with Crippen LogP contribution in [0.2, 0.25) is 0 Å². The summed E-state index contributed by atoms with van der Waals surface area (Å²) in [5, 5.41) is 10.4. The first-order valence-electron chi connectivity index (χ1n) is 12.2. The first-order chi connectivity index (χ1) is 16.9. The van der Waals surface area contributed by atoms with E-state index in [-0.39, 0.29) is 29.2 Å². The lowest BCUT2D eigenvalue weighted by Crippen LogP contribution is -2.51. The van der Waals surface area contributed by atoms with Gasteiger partial charge >= 0.3 is 5.97 Å². The van der Waals surface area contributed by atoms with Gasteiger partial charge in [-0.05, 0) is 87.5 Å². The van der Waals surface area contributed by atoms with E-state index in [0.717, 1.165) is 23.7 Å². The van der Waals surface area contributed by atoms with Crippen LogP contribution in [0.25, 0.3) is 16.5 Å². The fourth-order valence-corrected chi connectivity index (χ4v) is 8.07. The van der Waals surface area contributed by atoms with Gasteiger partial charge in [0.1, 0.15) is 5.00 Å². The third-order valence-corrected chi connectivity index (χ3v) is 9.36. The van der Waals surface area contributed by atoms with Crippen molar-refractivity contribution in [3.63, 3.8) is 0 Å². The summed E-state index contributed by atoms with van der Waals surface area (Å²) >= 11 is 4.67. The third-order valence-electron chi connectivity index (χ3n) is 7.94. The largest absolute Gasteiger partial charge is 0.461 e. The number of nitrogens with zero attached hydrogens (tertiary/aromatic N) is 2. The van der Waals surface area contributed by atoms with E-state index in [1.54, 1.807) is 36.6 Å². The van der Waals surface area contributed by atoms with Crippen LogP contribution in [0.15, 0.2) is 38.9 Å². The number of hydrogen-bond acceptors (Lipinski definition) is 6. The number of fused-ring (bicyclic) bond motifs is 1. The van der Waals surface area contributed by atoms with E-state index in [0.29, 0.717) is 39.2 Å². The molecular weight excluding hydrogens is 530 g/mol. The number of nitrogens with one attached hydrogen (secondary N) is 1. The average molecular weight is 556 g/mol. The molecule has 2 aromatic heterocycles. The number of aromatic nitrogens is 2. The molecule has 182 valence electrons. The highest BCUT2D eigenvalue weighted by Gasteiger charge is 2.54. The van der Waals surface area contributed by atoms with Crippen LogP contribution in [0, 0.1) is 23.2 Å². The molecule has 7 nitrogen and oxygen atoms in total. The van der Waals surface area contributed by atoms with Crippen LogP contribution in [0.3, 0.4) is 0 Å². The Balaban J connectivity index is 1.44. The molecule has 4 aliphatic carbocycles. The van der Waals surface area contributed by atoms with Gasteiger partial charge in [0.2, 0.25) is 5.91 Å². The zero-order valence-electron chi connectivity index (χ0n) is 19.4. The maximum atomic E-state index is 13.7. The molecule has 4 saturated carbocycles. The molecule has 0 spiro atoms. The highest BCUT2D eigenvalue weighted by molar-refractivity contribution is 9.10. The topological polar surface area (TPSA) is 90.3 Å². The van der Waals surface area contributed by atoms with Crippen LogP contribution in [-0.4, -0.2) is 28.3 Å². The van der Waals surface area contributed by atoms with Gasteiger partial charge in [0.05, 0.1) is 23.1 Å². The molecule has 2 heterocycles. The van der Waals surface area contributed by atoms with E-state index in [1.807, 2.05) is 0 Å². The molecule has 0 saturated heterocycles. The van der Waals surface area contributed by atoms with Crippen LogP contribution in [0.4, 0.5) is 5.00 Å². The summed E-state index contributed by atoms with van der Waals surface area (Å²) in [7, 11) is 0. The number of halogens is 1. The number of hydrogen-bond donors (Lipinski definition) is 1. The van der Waals surface area contributed by atoms with Crippen molar-refractivity contribution in [3.8, 4) is 5.69 Å². The molecule has 9 heteroatoms. The fraction of sp³-hybridized carbons (Fsp3) is 0.462. The van der Waals surface area contributed by atoms with E-state index >= 15 is 0 Å². The molecule has 0 radical (unpaired) electrons. The second-order valence-corrected chi connectivity index (χ2v) is 12.1. The number of carbonyl (C=O) groups is 2. The summed E-state index contributed by atoms with van der Waals surface area (Å²) in [6, 6.07) is 7.11. The lowest BCUT2D eigenvalue weighted by Gasteiger charge is -2.55. The SMILES string of the molecule is CCOC(=O)c1nn(-c2ccc(Br)cc2)c(=O)c2c(NC(=O)C34CC5CC(CC(C5)C3)C4)scc12. The van der Waals surface area contributed by atoms with E-state index in [2.05, 4.69) is 26.3 Å². The summed E-state index contributed by atoms with van der Waals surface area (Å²) in [6.45, 7) is 1.92. The Morgan fingerprint density at radius 3 is 2.37 bits per heavy atom. The normalized spacial score (nSPS) is 26.7. The Labute approximate surface area is 215 Å². The van der Waals surface area contributed by atoms with Crippen molar-refractivity contribution >= 4 is 54.9 Å². The van der Waals surface area contributed by atoms with Crippen LogP contribution in [-0.2, 0) is 9.53 Å². The van der Waals surface area contributed by atoms with Crippen molar-refractivity contribution in [2.24, 2.45) is 23.2 Å². The predicted octanol–water partition coefficient (Wildman–Crippen LogP) is 5.54. The van der Waals surface area contributed by atoms with Gasteiger partial charge in [-0.2, -0.15) is 9.78 Å². The Kier molecular flexibility index (Phi) is 5.60. The molecule has 0 atom stereocenters. The van der Waals surface area contributed by atoms with Crippen LogP contribution in [0.1, 0.15) is 55.9 Å². The number of ether oxygens (including phenoxy) is 1. The highest BCUT2D eigenvalue weighted by atomic mass is 79.9. The number of thiophene rings is 1. The lowest BCUT2D eigenvalue weighted by molar-refractivity contribution is -0.140. The molecule has 1 aromatic carbocycles. The second-order valence-electron chi connectivity index (χ2n) is 10.3. The summed E-state index contributed by atoms with van der Waals surface area (Å²) in [5.74, 6) is 1.34. The number of amides is 1. The molecule has 4 aliphatic rings. The van der Waals surface area contributed by atoms with Gasteiger partial charge in [-0.25, -0.2) is 4.79 Å². The number of esters is 1. The Morgan fingerprint density at radius 2 is 1.77 bits per heavy atom. The lowest BCUT2D eigenvalue weighted by atomic mass is 9.49. The van der Waals surface area contributed by atoms with E-state index in [4.69, 9.17) is 4.74 Å². The molecule has 0 unspecified atom stereocenters. The number of benzene rings is 1. The minimum atomic E-state index is -0.597. The van der Waals surface area contributed by atoms with Crippen molar-refractivity contribution in [1.29, 1.82) is 0 Å². The Bertz CT molecular complexity index is 1360. The van der Waals surface area contributed by atoms with Crippen molar-refractivity contribution in [2.75, 3.05) is 11.9 Å². The molecule has 4 bridgehead atoms. The quantitative estimate of drug-likeness (QED) is 0.417. The molecule has 1 N–H and O–H groups in total. The predicted molar refractivity (Wildman–Crippen MR) is 138 cm³/mol. The van der Waals surface area contributed by atoms with Gasteiger partial charge in [0, 0.05) is 15.2 Å². The maximum absolute atomic E-state index is 13.7. The first-order valence-corrected chi connectivity index (χ1v) is 13.8. The number of rotatable bonds is 5. The van der Waals surface area contributed by atoms with Crippen molar-refractivity contribution in [1.82, 2.24) is 9.78 Å². The third kappa shape index (κ3) is 3.83. The smallest absolute Gasteiger partial charge is 0.359 e. The fourth-order valence-electron chi connectivity index (χ4n) is 6.87. The van der Waals surface area contributed by atoms with E-state index in [9.17, 15) is 14.4 Å². The molecular formula is C26H26BrN3O4S. The van der Waals surface area contributed by atoms with E-state index in [1.165, 1.54) is 35.3 Å². The molecule has 3 aromatic rings. The summed E-state index contributed by atoms with van der Waals surface area (Å²) < 4.78 is 7.31. The zero-order chi connectivity index (χ0) is 24.3. The Morgan fingerprint density at radius 1 is 1.14 bits per heavy atom. The minimum Gasteiger partial charge on any atom is -0.461 e. The molecule has 1 amide bonds. The first kappa shape index (κ1) is 22.9. The zero-order valence-corrected chi connectivity index (χ0v) is 21.8. The number of anilines is 1. The molecule has 7 rings (SSSR count). The van der Waals surface area contributed by atoms with Crippen molar-refractivity contribution in [2.45, 2.75) is 45.4 Å². The highest BCUT2D eigenvalue weighted by Crippen LogP contribution is 2.60. The maximum Gasteiger partial charge on any atom is 0.359 e. The monoisotopic (exact) mass is 555 g/mol. The Hall–Kier alpha value is -2.52. The summed E-state index contributed by atoms with van der Waals surface area (Å²) in [6.07, 6.45) is 6.56. The van der Waals surface area contributed by atoms with Crippen molar-refractivity contribution in [3.05, 3.63) is 50.2 Å². The van der Waals surface area contributed by atoms with Crippen LogP contribution < -0.4 is 10.9 Å². The van der Waals surface area contributed by atoms with Gasteiger partial charge in [-0.3, -0.25) is 9.59 Å². The number of carbonyl (C=O) groups excluding carboxylic acids is 2. The minimum absolute atomic E-state index is 0.0180. The van der Waals surface area contributed by atoms with Gasteiger partial charge in [-0.1, -0.05) is 15.9 Å². The standard InChI is InChI=1S/C26H26BrN3O4S/c1-2-34-24(32)21-19-13-35-22(20(19)23(31)30(29-21)18-5-3-17(27)4-6-18)28-25(33)26-10-14-7-15(11-26)9-16(8-14)12-26/h3-6,13-16H,2,7-12H2,1H3,(H,28,33). The van der Waals surface area contributed by atoms with Gasteiger partial charge < -0.3 is 10.1 Å². The van der Waals surface area contributed by atoms with Gasteiger partial charge in [-0.15, -0.1) is 11.3 Å². The van der Waals surface area contributed by atoms with E-state index < -0.39 is 5.97 Å². The second kappa shape index (κ2) is 8.55. The summed E-state index contributed by atoms with van der Waals surface area (Å²) in [4.78, 5) is 40.1. The average Bonchev–Trinajstić information content (AvgIpc) is 3.23. The molecule has 0 aliphatic heterocycles. The molecule has 35 heavy (non-hydrogen) atoms. The van der Waals surface area contributed by atoms with Gasteiger partial charge in [0.15, 0.2) is 5.69 Å². The van der Waals surface area contributed by atoms with Crippen molar-refractivity contribution < 1.29 is 14.3 Å².